The lowest BCUT2D eigenvalue weighted by molar-refractivity contribution is -0.688. The van der Waals surface area contributed by atoms with Crippen LogP contribution in [0, 0.1) is 0 Å². The largest absolute Gasteiger partial charge is 0.493 e. The number of hydrogen-bond donors (Lipinski definition) is 0. The lowest BCUT2D eigenvalue weighted by atomic mass is 10.0. The highest BCUT2D eigenvalue weighted by molar-refractivity contribution is 9.10. The normalized spacial score (nSPS) is 10.4. The average molecular weight is 413 g/mol. The van der Waals surface area contributed by atoms with Crippen LogP contribution in [0.15, 0.2) is 71.5 Å². The summed E-state index contributed by atoms with van der Waals surface area (Å²) in [5.41, 5.74) is 2.40. The van der Waals surface area contributed by atoms with Gasteiger partial charge in [0.2, 0.25) is 0 Å². The zero-order valence-corrected chi connectivity index (χ0v) is 16.2. The summed E-state index contributed by atoms with van der Waals surface area (Å²) in [7, 11) is 3.23. The highest BCUT2D eigenvalue weighted by Crippen LogP contribution is 2.33. The Balaban J connectivity index is 1.81. The first-order chi connectivity index (χ1) is 12.6. The molecule has 0 aliphatic rings. The van der Waals surface area contributed by atoms with Crippen molar-refractivity contribution in [2.24, 2.45) is 0 Å². The van der Waals surface area contributed by atoms with Gasteiger partial charge in [0.15, 0.2) is 36.2 Å². The summed E-state index contributed by atoms with van der Waals surface area (Å²) in [6, 6.07) is 16.8. The van der Waals surface area contributed by atoms with Crippen LogP contribution in [-0.4, -0.2) is 20.0 Å². The van der Waals surface area contributed by atoms with Gasteiger partial charge in [0.1, 0.15) is 0 Å². The molecule has 0 saturated carbocycles. The van der Waals surface area contributed by atoms with E-state index in [1.807, 2.05) is 71.6 Å². The number of carbonyl (C=O) groups excluding carboxylic acids is 1. The van der Waals surface area contributed by atoms with Crippen molar-refractivity contribution in [3.63, 3.8) is 0 Å². The van der Waals surface area contributed by atoms with E-state index < -0.39 is 0 Å². The van der Waals surface area contributed by atoms with Crippen LogP contribution in [0.1, 0.15) is 21.5 Å². The van der Waals surface area contributed by atoms with Crippen molar-refractivity contribution >= 4 is 21.7 Å². The molecule has 0 fully saturated rings. The zero-order chi connectivity index (χ0) is 18.5. The molecule has 1 heterocycles. The Bertz CT molecular complexity index is 909. The van der Waals surface area contributed by atoms with Crippen molar-refractivity contribution < 1.29 is 18.8 Å². The molecule has 0 saturated heterocycles. The number of rotatable bonds is 6. The molecule has 132 valence electrons. The highest BCUT2D eigenvalue weighted by atomic mass is 79.9. The Labute approximate surface area is 161 Å². The molecular weight excluding hydrogens is 394 g/mol. The topological polar surface area (TPSA) is 39.4 Å². The van der Waals surface area contributed by atoms with E-state index in [2.05, 4.69) is 15.9 Å². The molecular formula is C21H19BrNO3+. The van der Waals surface area contributed by atoms with E-state index >= 15 is 0 Å². The van der Waals surface area contributed by atoms with Gasteiger partial charge < -0.3 is 9.47 Å². The molecule has 1 aromatic heterocycles. The number of nitrogens with zero attached hydrogens (tertiary/aromatic N) is 1. The number of carbonyl (C=O) groups is 1. The summed E-state index contributed by atoms with van der Waals surface area (Å²) < 4.78 is 13.6. The van der Waals surface area contributed by atoms with Gasteiger partial charge in [0.05, 0.1) is 14.2 Å². The molecule has 3 aromatic rings. The third kappa shape index (κ3) is 3.94. The summed E-state index contributed by atoms with van der Waals surface area (Å²) in [6.07, 6.45) is 3.80. The van der Waals surface area contributed by atoms with Crippen LogP contribution in [0.3, 0.4) is 0 Å². The van der Waals surface area contributed by atoms with E-state index in [0.29, 0.717) is 29.2 Å². The number of pyridine rings is 1. The smallest absolute Gasteiger partial charge is 0.193 e. The Morgan fingerprint density at radius 2 is 1.50 bits per heavy atom. The number of benzene rings is 2. The molecule has 0 aliphatic carbocycles. The molecule has 0 aliphatic heterocycles. The van der Waals surface area contributed by atoms with Gasteiger partial charge in [-0.2, -0.15) is 0 Å². The first-order valence-electron chi connectivity index (χ1n) is 8.11. The number of hydrogen-bond acceptors (Lipinski definition) is 3. The third-order valence-corrected chi connectivity index (χ3v) is 4.83. The summed E-state index contributed by atoms with van der Waals surface area (Å²) in [5, 5.41) is 0. The fraction of sp³-hybridized carbons (Fsp3) is 0.143. The van der Waals surface area contributed by atoms with Gasteiger partial charge in [0.25, 0.3) is 0 Å². The maximum atomic E-state index is 12.5. The van der Waals surface area contributed by atoms with Crippen LogP contribution in [0.25, 0.3) is 0 Å². The van der Waals surface area contributed by atoms with Crippen LogP contribution in [0.2, 0.25) is 0 Å². The van der Waals surface area contributed by atoms with Crippen molar-refractivity contribution in [3.05, 3.63) is 88.2 Å². The standard InChI is InChI=1S/C21H19BrNO3/c1-25-19-12-17(18(22)13-20(19)26-2)14-23-10-8-16(9-11-23)21(24)15-6-4-3-5-7-15/h3-13H,14H2,1-2H3/q+1. The summed E-state index contributed by atoms with van der Waals surface area (Å²) in [6.45, 7) is 0.640. The third-order valence-electron chi connectivity index (χ3n) is 4.09. The molecule has 0 amide bonds. The van der Waals surface area contributed by atoms with Crippen molar-refractivity contribution in [1.82, 2.24) is 0 Å². The van der Waals surface area contributed by atoms with Gasteiger partial charge in [0, 0.05) is 33.3 Å². The minimum atomic E-state index is 0.0186. The molecule has 0 bridgehead atoms. The Morgan fingerprint density at radius 3 is 2.12 bits per heavy atom. The molecule has 0 spiro atoms. The zero-order valence-electron chi connectivity index (χ0n) is 14.6. The van der Waals surface area contributed by atoms with E-state index in [4.69, 9.17) is 9.47 Å². The first kappa shape index (κ1) is 18.1. The van der Waals surface area contributed by atoms with E-state index in [1.54, 1.807) is 14.2 Å². The number of halogens is 1. The molecule has 2 aromatic carbocycles. The van der Waals surface area contributed by atoms with Crippen LogP contribution in [0.5, 0.6) is 11.5 Å². The van der Waals surface area contributed by atoms with Crippen LogP contribution in [0.4, 0.5) is 0 Å². The van der Waals surface area contributed by atoms with Crippen molar-refractivity contribution in [2.45, 2.75) is 6.54 Å². The lowest BCUT2D eigenvalue weighted by Crippen LogP contribution is -2.33. The van der Waals surface area contributed by atoms with Gasteiger partial charge in [-0.15, -0.1) is 0 Å². The summed E-state index contributed by atoms with van der Waals surface area (Å²) >= 11 is 3.57. The molecule has 0 N–H and O–H groups in total. The van der Waals surface area contributed by atoms with Crippen LogP contribution < -0.4 is 14.0 Å². The fourth-order valence-electron chi connectivity index (χ4n) is 2.68. The van der Waals surface area contributed by atoms with Gasteiger partial charge in [-0.3, -0.25) is 4.79 Å². The monoisotopic (exact) mass is 412 g/mol. The van der Waals surface area contributed by atoms with Gasteiger partial charge >= 0.3 is 0 Å². The van der Waals surface area contributed by atoms with E-state index in [-0.39, 0.29) is 5.78 Å². The van der Waals surface area contributed by atoms with E-state index in [0.717, 1.165) is 10.0 Å². The molecule has 0 unspecified atom stereocenters. The molecule has 5 heteroatoms. The second kappa shape index (κ2) is 8.15. The van der Waals surface area contributed by atoms with Gasteiger partial charge in [-0.25, -0.2) is 4.57 Å². The number of ketones is 1. The quantitative estimate of drug-likeness (QED) is 0.453. The Morgan fingerprint density at radius 1 is 0.923 bits per heavy atom. The van der Waals surface area contributed by atoms with E-state index in [1.165, 1.54) is 0 Å². The number of methoxy groups -OCH3 is 2. The Kier molecular flexibility index (Phi) is 5.68. The highest BCUT2D eigenvalue weighted by Gasteiger charge is 2.14. The van der Waals surface area contributed by atoms with Gasteiger partial charge in [-0.05, 0) is 12.1 Å². The van der Waals surface area contributed by atoms with E-state index in [9.17, 15) is 4.79 Å². The lowest BCUT2D eigenvalue weighted by Gasteiger charge is -2.10. The molecule has 0 radical (unpaired) electrons. The predicted molar refractivity (Wildman–Crippen MR) is 103 cm³/mol. The van der Waals surface area contributed by atoms with Crippen LogP contribution in [-0.2, 0) is 6.54 Å². The Hall–Kier alpha value is -2.66. The molecule has 26 heavy (non-hydrogen) atoms. The maximum Gasteiger partial charge on any atom is 0.193 e. The summed E-state index contributed by atoms with van der Waals surface area (Å²) in [4.78, 5) is 12.5. The molecule has 0 atom stereocenters. The molecule has 3 rings (SSSR count). The van der Waals surface area contributed by atoms with Crippen molar-refractivity contribution in [1.29, 1.82) is 0 Å². The minimum Gasteiger partial charge on any atom is -0.493 e. The maximum absolute atomic E-state index is 12.5. The van der Waals surface area contributed by atoms with Crippen LogP contribution >= 0.6 is 15.9 Å². The number of ether oxygens (including phenoxy) is 2. The first-order valence-corrected chi connectivity index (χ1v) is 8.91. The fourth-order valence-corrected chi connectivity index (χ4v) is 3.13. The minimum absolute atomic E-state index is 0.0186. The van der Waals surface area contributed by atoms with Crippen molar-refractivity contribution in [3.8, 4) is 11.5 Å². The second-order valence-corrected chi connectivity index (χ2v) is 6.61. The van der Waals surface area contributed by atoms with Crippen molar-refractivity contribution in [2.75, 3.05) is 14.2 Å². The molecule has 4 nitrogen and oxygen atoms in total. The summed E-state index contributed by atoms with van der Waals surface area (Å²) in [5.74, 6) is 1.38. The SMILES string of the molecule is COc1cc(Br)c(C[n+]2ccc(C(=O)c3ccccc3)cc2)cc1OC. The second-order valence-electron chi connectivity index (χ2n) is 5.75. The number of aromatic nitrogens is 1. The average Bonchev–Trinajstić information content (AvgIpc) is 2.69. The predicted octanol–water partition coefficient (Wildman–Crippen LogP) is 4.03. The van der Waals surface area contributed by atoms with Gasteiger partial charge in [-0.1, -0.05) is 46.3 Å².